The summed E-state index contributed by atoms with van der Waals surface area (Å²) in [6, 6.07) is 4.70. The van der Waals surface area contributed by atoms with E-state index in [1.54, 1.807) is 6.07 Å². The molecule has 0 fully saturated rings. The predicted molar refractivity (Wildman–Crippen MR) is 86.9 cm³/mol. The van der Waals surface area contributed by atoms with Gasteiger partial charge in [-0.3, -0.25) is 0 Å². The standard InChI is InChI=1S/C13H10Br2ClFO2S/c1-18-9-3-6(8(17)5-10(9)19-2)12(16)7-4-11(14)20-13(7)15/h3-5,12H,1-2H3. The van der Waals surface area contributed by atoms with Crippen molar-refractivity contribution in [2.24, 2.45) is 0 Å². The Morgan fingerprint density at radius 1 is 1.10 bits per heavy atom. The van der Waals surface area contributed by atoms with Crippen molar-refractivity contribution in [2.45, 2.75) is 5.38 Å². The molecule has 0 aliphatic heterocycles. The van der Waals surface area contributed by atoms with E-state index in [0.717, 1.165) is 13.1 Å². The van der Waals surface area contributed by atoms with E-state index < -0.39 is 11.2 Å². The highest BCUT2D eigenvalue weighted by Gasteiger charge is 2.22. The van der Waals surface area contributed by atoms with Gasteiger partial charge in [0.05, 0.1) is 27.2 Å². The molecule has 1 atom stereocenters. The summed E-state index contributed by atoms with van der Waals surface area (Å²) in [5, 5.41) is -0.619. The van der Waals surface area contributed by atoms with Crippen LogP contribution in [0.2, 0.25) is 0 Å². The summed E-state index contributed by atoms with van der Waals surface area (Å²) in [5.41, 5.74) is 1.14. The van der Waals surface area contributed by atoms with Crippen LogP contribution in [0.5, 0.6) is 11.5 Å². The molecule has 108 valence electrons. The van der Waals surface area contributed by atoms with Gasteiger partial charge in [-0.2, -0.15) is 0 Å². The van der Waals surface area contributed by atoms with Crippen LogP contribution in [0, 0.1) is 5.82 Å². The summed E-state index contributed by atoms with van der Waals surface area (Å²) < 4.78 is 26.2. The van der Waals surface area contributed by atoms with Crippen molar-refractivity contribution in [2.75, 3.05) is 14.2 Å². The minimum Gasteiger partial charge on any atom is -0.493 e. The zero-order valence-electron chi connectivity index (χ0n) is 10.5. The number of ether oxygens (including phenoxy) is 2. The largest absolute Gasteiger partial charge is 0.493 e. The first-order valence-electron chi connectivity index (χ1n) is 5.48. The van der Waals surface area contributed by atoms with E-state index >= 15 is 0 Å². The van der Waals surface area contributed by atoms with Crippen molar-refractivity contribution in [1.82, 2.24) is 0 Å². The molecular formula is C13H10Br2ClFO2S. The van der Waals surface area contributed by atoms with Crippen molar-refractivity contribution in [1.29, 1.82) is 0 Å². The average molecular weight is 445 g/mol. The fourth-order valence-electron chi connectivity index (χ4n) is 1.76. The third-order valence-electron chi connectivity index (χ3n) is 2.73. The van der Waals surface area contributed by atoms with Crippen molar-refractivity contribution in [3.8, 4) is 11.5 Å². The minimum atomic E-state index is -0.619. The van der Waals surface area contributed by atoms with Crippen LogP contribution in [0.25, 0.3) is 0 Å². The number of hydrogen-bond donors (Lipinski definition) is 0. The van der Waals surface area contributed by atoms with Gasteiger partial charge in [0.2, 0.25) is 0 Å². The van der Waals surface area contributed by atoms with E-state index in [1.807, 2.05) is 6.07 Å². The molecule has 1 aromatic heterocycles. The first-order valence-corrected chi connectivity index (χ1v) is 8.32. The third kappa shape index (κ3) is 3.13. The molecular weight excluding hydrogens is 434 g/mol. The summed E-state index contributed by atoms with van der Waals surface area (Å²) in [7, 11) is 2.96. The lowest BCUT2D eigenvalue weighted by Crippen LogP contribution is -2.00. The number of thiophene rings is 1. The normalized spacial score (nSPS) is 12.3. The number of methoxy groups -OCH3 is 2. The number of halogens is 4. The van der Waals surface area contributed by atoms with E-state index in [1.165, 1.54) is 31.6 Å². The Morgan fingerprint density at radius 3 is 2.20 bits per heavy atom. The maximum Gasteiger partial charge on any atom is 0.163 e. The number of rotatable bonds is 4. The van der Waals surface area contributed by atoms with Gasteiger partial charge in [-0.25, -0.2) is 4.39 Å². The Balaban J connectivity index is 2.49. The Labute approximate surface area is 142 Å². The van der Waals surface area contributed by atoms with Gasteiger partial charge in [-0.15, -0.1) is 22.9 Å². The highest BCUT2D eigenvalue weighted by molar-refractivity contribution is 9.12. The van der Waals surface area contributed by atoms with Gasteiger partial charge in [0.15, 0.2) is 11.5 Å². The SMILES string of the molecule is COc1cc(F)c(C(Cl)c2cc(Br)sc2Br)cc1OC. The van der Waals surface area contributed by atoms with E-state index in [2.05, 4.69) is 31.9 Å². The smallest absolute Gasteiger partial charge is 0.163 e. The molecule has 0 radical (unpaired) electrons. The average Bonchev–Trinajstić information content (AvgIpc) is 2.76. The fourth-order valence-corrected chi connectivity index (χ4v) is 5.20. The molecule has 7 heteroatoms. The molecule has 0 saturated heterocycles. The molecule has 0 saturated carbocycles. The molecule has 1 unspecified atom stereocenters. The summed E-state index contributed by atoms with van der Waals surface area (Å²) in [5.74, 6) is 0.347. The Bertz CT molecular complexity index is 633. The van der Waals surface area contributed by atoms with Crippen LogP contribution in [-0.4, -0.2) is 14.2 Å². The summed E-state index contributed by atoms with van der Waals surface area (Å²) in [4.78, 5) is 0. The molecule has 0 bridgehead atoms. The summed E-state index contributed by atoms with van der Waals surface area (Å²) >= 11 is 14.7. The zero-order chi connectivity index (χ0) is 14.9. The molecule has 0 aliphatic carbocycles. The van der Waals surface area contributed by atoms with Crippen LogP contribution in [-0.2, 0) is 0 Å². The fraction of sp³-hybridized carbons (Fsp3) is 0.231. The molecule has 2 aromatic rings. The van der Waals surface area contributed by atoms with Gasteiger partial charge >= 0.3 is 0 Å². The molecule has 0 spiro atoms. The lowest BCUT2D eigenvalue weighted by molar-refractivity contribution is 0.351. The van der Waals surface area contributed by atoms with Gasteiger partial charge < -0.3 is 9.47 Å². The van der Waals surface area contributed by atoms with E-state index in [4.69, 9.17) is 21.1 Å². The predicted octanol–water partition coefficient (Wildman–Crippen LogP) is 5.76. The molecule has 20 heavy (non-hydrogen) atoms. The maximum absolute atomic E-state index is 14.2. The first-order chi connectivity index (χ1) is 9.47. The Morgan fingerprint density at radius 2 is 1.70 bits per heavy atom. The van der Waals surface area contributed by atoms with Gasteiger partial charge in [-0.1, -0.05) is 0 Å². The highest BCUT2D eigenvalue weighted by Crippen LogP contribution is 2.43. The lowest BCUT2D eigenvalue weighted by Gasteiger charge is -2.14. The van der Waals surface area contributed by atoms with Crippen molar-refractivity contribution in [3.63, 3.8) is 0 Å². The second-order valence-corrected chi connectivity index (χ2v) is 8.06. The molecule has 0 N–H and O–H groups in total. The Hall–Kier alpha value is -0.300. The monoisotopic (exact) mass is 442 g/mol. The van der Waals surface area contributed by atoms with Crippen molar-refractivity contribution < 1.29 is 13.9 Å². The highest BCUT2D eigenvalue weighted by atomic mass is 79.9. The van der Waals surface area contributed by atoms with Gasteiger partial charge in [-0.05, 0) is 44.0 Å². The van der Waals surface area contributed by atoms with Crippen molar-refractivity contribution >= 4 is 54.8 Å². The Kier molecular flexibility index (Phi) is 5.34. The lowest BCUT2D eigenvalue weighted by atomic mass is 10.1. The second-order valence-electron chi connectivity index (χ2n) is 3.87. The van der Waals surface area contributed by atoms with Gasteiger partial charge in [0.1, 0.15) is 5.82 Å². The quantitative estimate of drug-likeness (QED) is 0.559. The zero-order valence-corrected chi connectivity index (χ0v) is 15.3. The molecule has 1 aromatic carbocycles. The summed E-state index contributed by atoms with van der Waals surface area (Å²) in [6.07, 6.45) is 0. The second kappa shape index (κ2) is 6.64. The number of hydrogen-bond acceptors (Lipinski definition) is 3. The first kappa shape index (κ1) is 16.1. The number of alkyl halides is 1. The van der Waals surface area contributed by atoms with Gasteiger partial charge in [0, 0.05) is 17.2 Å². The van der Waals surface area contributed by atoms with Crippen LogP contribution in [0.1, 0.15) is 16.5 Å². The molecule has 1 heterocycles. The molecule has 0 aliphatic rings. The minimum absolute atomic E-state index is 0.336. The molecule has 2 nitrogen and oxygen atoms in total. The van der Waals surface area contributed by atoms with Crippen LogP contribution in [0.3, 0.4) is 0 Å². The topological polar surface area (TPSA) is 18.5 Å². The van der Waals surface area contributed by atoms with E-state index in [0.29, 0.717) is 17.1 Å². The van der Waals surface area contributed by atoms with Crippen LogP contribution in [0.15, 0.2) is 25.8 Å². The van der Waals surface area contributed by atoms with Gasteiger partial charge in [0.25, 0.3) is 0 Å². The van der Waals surface area contributed by atoms with Crippen molar-refractivity contribution in [3.05, 3.63) is 42.7 Å². The van der Waals surface area contributed by atoms with E-state index in [9.17, 15) is 4.39 Å². The van der Waals surface area contributed by atoms with E-state index in [-0.39, 0.29) is 0 Å². The number of benzene rings is 1. The molecule has 2 rings (SSSR count). The summed E-state index contributed by atoms with van der Waals surface area (Å²) in [6.45, 7) is 0. The third-order valence-corrected chi connectivity index (χ3v) is 5.59. The van der Waals surface area contributed by atoms with Crippen LogP contribution < -0.4 is 9.47 Å². The van der Waals surface area contributed by atoms with Crippen LogP contribution in [0.4, 0.5) is 4.39 Å². The maximum atomic E-state index is 14.2. The molecule has 0 amide bonds. The van der Waals surface area contributed by atoms with Crippen LogP contribution >= 0.6 is 54.8 Å².